The average molecular weight is 461 g/mol. The van der Waals surface area contributed by atoms with Gasteiger partial charge in [-0.1, -0.05) is 0 Å². The Hall–Kier alpha value is -1.43. The van der Waals surface area contributed by atoms with E-state index in [4.69, 9.17) is 10.5 Å². The van der Waals surface area contributed by atoms with Crippen molar-refractivity contribution in [2.45, 2.75) is 31.4 Å². The summed E-state index contributed by atoms with van der Waals surface area (Å²) in [7, 11) is 0. The second-order valence-electron chi connectivity index (χ2n) is 5.74. The third-order valence-corrected chi connectivity index (χ3v) is 3.99. The summed E-state index contributed by atoms with van der Waals surface area (Å²) in [6.07, 6.45) is 1.56. The van der Waals surface area contributed by atoms with Gasteiger partial charge in [0.1, 0.15) is 18.4 Å². The zero-order valence-corrected chi connectivity index (χ0v) is 14.2. The summed E-state index contributed by atoms with van der Waals surface area (Å²) in [5.74, 6) is 1.27. The Labute approximate surface area is 134 Å². The minimum absolute atomic E-state index is 0. The summed E-state index contributed by atoms with van der Waals surface area (Å²) >= 11 is 0. The zero-order valence-electron chi connectivity index (χ0n) is 11.5. The normalized spacial score (nSPS) is 27.5. The quantitative estimate of drug-likeness (QED) is 0.549. The number of aromatic nitrogens is 4. The Bertz CT molecular complexity index is 688. The monoisotopic (exact) mass is 462 g/mol. The molecule has 2 aromatic heterocycles. The number of aliphatic hydroxyl groups is 1. The molecule has 0 saturated carbocycles. The smallest absolute Gasteiger partial charge is 0.223 e. The van der Waals surface area contributed by atoms with Crippen molar-refractivity contribution in [2.24, 2.45) is 0 Å². The van der Waals surface area contributed by atoms with Crippen molar-refractivity contribution < 1.29 is 30.3 Å². The Morgan fingerprint density at radius 1 is 1.48 bits per heavy atom. The van der Waals surface area contributed by atoms with E-state index < -0.39 is 5.60 Å². The Morgan fingerprint density at radius 3 is 3.10 bits per heavy atom. The van der Waals surface area contributed by atoms with Crippen LogP contribution >= 0.6 is 0 Å². The van der Waals surface area contributed by atoms with E-state index in [1.54, 1.807) is 0 Å². The van der Waals surface area contributed by atoms with Crippen molar-refractivity contribution >= 4 is 22.8 Å². The second kappa shape index (κ2) is 4.80. The maximum atomic E-state index is 10.3. The van der Waals surface area contributed by atoms with Gasteiger partial charge in [-0.3, -0.25) is 0 Å². The number of nitrogen functional groups attached to an aromatic ring is 1. The summed E-state index contributed by atoms with van der Waals surface area (Å²) in [6.45, 7) is 2.82. The van der Waals surface area contributed by atoms with Gasteiger partial charge in [-0.25, -0.2) is 10.1 Å². The number of piperidine rings is 1. The molecule has 1 radical (unpaired) electrons. The molecule has 0 aromatic carbocycles. The van der Waals surface area contributed by atoms with Crippen LogP contribution in [-0.4, -0.2) is 45.0 Å². The van der Waals surface area contributed by atoms with Crippen LogP contribution in [0.3, 0.4) is 0 Å². The van der Waals surface area contributed by atoms with Gasteiger partial charge >= 0.3 is 0 Å². The van der Waals surface area contributed by atoms with E-state index in [0.29, 0.717) is 35.9 Å². The van der Waals surface area contributed by atoms with Crippen molar-refractivity contribution in [1.29, 1.82) is 0 Å². The average Bonchev–Trinajstić information content (AvgIpc) is 2.71. The van der Waals surface area contributed by atoms with Gasteiger partial charge in [0.25, 0.3) is 0 Å². The number of rotatable bonds is 0. The number of fused-ring (bicyclic) bond motifs is 2. The molecular weight excluding hydrogens is 446 g/mol. The topological polar surface area (TPSA) is 111 Å². The maximum Gasteiger partial charge on any atom is 0.223 e. The van der Waals surface area contributed by atoms with Gasteiger partial charge in [0.2, 0.25) is 5.88 Å². The third-order valence-electron chi connectivity index (χ3n) is 3.99. The van der Waals surface area contributed by atoms with E-state index in [9.17, 15) is 5.11 Å². The van der Waals surface area contributed by atoms with Crippen LogP contribution < -0.4 is 20.5 Å². The molecule has 1 saturated heterocycles. The number of anilines is 2. The molecule has 113 valence electrons. The Kier molecular flexibility index (Phi) is 3.31. The van der Waals surface area contributed by atoms with Crippen LogP contribution in [-0.2, 0) is 20.4 Å². The fourth-order valence-electron chi connectivity index (χ4n) is 2.97. The van der Waals surface area contributed by atoms with Crippen LogP contribution in [0, 0.1) is 0 Å². The first-order valence-corrected chi connectivity index (χ1v) is 6.62. The van der Waals surface area contributed by atoms with Gasteiger partial charge in [0.15, 0.2) is 0 Å². The molecule has 4 rings (SSSR count). The molecule has 2 aliphatic rings. The molecular formula is C12H15N6O2Re-. The minimum atomic E-state index is -0.750. The number of hydrogen-bond acceptors (Lipinski definition) is 7. The largest absolute Gasteiger partial charge is 0.475 e. The minimum Gasteiger partial charge on any atom is -0.475 e. The molecule has 8 nitrogen and oxygen atoms in total. The number of nitrogens with zero attached hydrogens (tertiary/aromatic N) is 5. The van der Waals surface area contributed by atoms with Gasteiger partial charge in [-0.15, -0.1) is 0 Å². The van der Waals surface area contributed by atoms with Gasteiger partial charge in [0, 0.05) is 27.0 Å². The Balaban J connectivity index is 0.00000132. The predicted molar refractivity (Wildman–Crippen MR) is 71.6 cm³/mol. The van der Waals surface area contributed by atoms with Gasteiger partial charge in [-0.2, -0.15) is 0 Å². The Morgan fingerprint density at radius 2 is 2.29 bits per heavy atom. The van der Waals surface area contributed by atoms with Crippen LogP contribution in [0.15, 0.2) is 0 Å². The fraction of sp³-hybridized carbons (Fsp3) is 0.583. The molecule has 1 fully saturated rings. The van der Waals surface area contributed by atoms with E-state index in [1.807, 2.05) is 11.8 Å². The van der Waals surface area contributed by atoms with Gasteiger partial charge in [-0.05, 0) is 25.4 Å². The molecule has 0 amide bonds. The second-order valence-corrected chi connectivity index (χ2v) is 5.74. The fourth-order valence-corrected chi connectivity index (χ4v) is 2.97. The zero-order chi connectivity index (χ0) is 13.9. The van der Waals surface area contributed by atoms with E-state index >= 15 is 0 Å². The first-order chi connectivity index (χ1) is 9.53. The number of hydrogen-bond donors (Lipinski definition) is 2. The summed E-state index contributed by atoms with van der Waals surface area (Å²) in [4.78, 5) is 10.5. The molecule has 3 N–H and O–H groups in total. The molecule has 2 aliphatic heterocycles. The van der Waals surface area contributed by atoms with Crippen molar-refractivity contribution in [1.82, 2.24) is 20.2 Å². The van der Waals surface area contributed by atoms with Crippen LogP contribution in [0.4, 0.5) is 11.8 Å². The summed E-state index contributed by atoms with van der Waals surface area (Å²) < 4.78 is 5.72. The van der Waals surface area contributed by atoms with Gasteiger partial charge in [0.05, 0.1) is 17.0 Å². The van der Waals surface area contributed by atoms with Crippen LogP contribution in [0.5, 0.6) is 5.88 Å². The first kappa shape index (κ1) is 14.5. The number of nitrogens with two attached hydrogens (primary N) is 1. The third kappa shape index (κ3) is 2.25. The van der Waals surface area contributed by atoms with Gasteiger partial charge < -0.3 is 30.6 Å². The van der Waals surface area contributed by atoms with Crippen molar-refractivity contribution in [3.63, 3.8) is 0 Å². The SMILES string of the molecule is CC1(O)CCC2COc3n[n-]c4nc(N)nc(c34)N2C1.[Re]. The summed E-state index contributed by atoms with van der Waals surface area (Å²) in [5, 5.41) is 19.0. The van der Waals surface area contributed by atoms with E-state index in [0.717, 1.165) is 12.8 Å². The van der Waals surface area contributed by atoms with Crippen LogP contribution in [0.25, 0.3) is 11.0 Å². The van der Waals surface area contributed by atoms with Crippen LogP contribution in [0.1, 0.15) is 19.8 Å². The molecule has 2 unspecified atom stereocenters. The van der Waals surface area contributed by atoms with E-state index in [1.165, 1.54) is 0 Å². The summed E-state index contributed by atoms with van der Waals surface area (Å²) in [5.41, 5.74) is 5.44. The predicted octanol–water partition coefficient (Wildman–Crippen LogP) is -0.326. The van der Waals surface area contributed by atoms with E-state index in [-0.39, 0.29) is 32.4 Å². The molecule has 2 aromatic rings. The first-order valence-electron chi connectivity index (χ1n) is 6.62. The summed E-state index contributed by atoms with van der Waals surface area (Å²) in [6, 6.07) is 0.155. The maximum absolute atomic E-state index is 10.3. The molecule has 0 bridgehead atoms. The molecule has 0 aliphatic carbocycles. The van der Waals surface area contributed by atoms with E-state index in [2.05, 4.69) is 20.2 Å². The number of ether oxygens (including phenoxy) is 1. The van der Waals surface area contributed by atoms with Crippen molar-refractivity contribution in [3.8, 4) is 5.88 Å². The molecule has 4 heterocycles. The molecule has 9 heteroatoms. The van der Waals surface area contributed by atoms with Crippen molar-refractivity contribution in [2.75, 3.05) is 23.8 Å². The standard InChI is InChI=1S/C12H15N6O2.Re/c1-12(19)3-2-6-4-20-10-7-8(16-17-10)14-11(13)15-9(7)18(6)5-12;/h6,19H,2-5H2,1H3,(H2-,13,14,15,16,17);/q-1;. The van der Waals surface area contributed by atoms with Crippen LogP contribution in [0.2, 0.25) is 0 Å². The molecule has 0 spiro atoms. The molecule has 2 atom stereocenters. The van der Waals surface area contributed by atoms with Crippen molar-refractivity contribution in [3.05, 3.63) is 0 Å². The molecule has 21 heavy (non-hydrogen) atoms.